The smallest absolute Gasteiger partial charge is 0.127 e. The first kappa shape index (κ1) is 24.6. The highest BCUT2D eigenvalue weighted by molar-refractivity contribution is 5.41. The molecule has 2 aromatic carbocycles. The molecule has 2 heterocycles. The SMILES string of the molecule is COc1ccc(CN2CCN(C3CC4(CCNCC4)C3)[C@H](c3ccccc3C(C)C)C2)c(OC)c1. The number of methoxy groups -OCH3 is 2. The third kappa shape index (κ3) is 5.09. The number of hydrogen-bond acceptors (Lipinski definition) is 5. The van der Waals surface area contributed by atoms with Crippen LogP contribution in [0.1, 0.15) is 68.2 Å². The lowest BCUT2D eigenvalue weighted by Gasteiger charge is -2.57. The first-order chi connectivity index (χ1) is 17.0. The van der Waals surface area contributed by atoms with E-state index in [1.165, 1.54) is 55.5 Å². The van der Waals surface area contributed by atoms with Crippen LogP contribution in [0.3, 0.4) is 0 Å². The van der Waals surface area contributed by atoms with Gasteiger partial charge in [0.2, 0.25) is 0 Å². The van der Waals surface area contributed by atoms with E-state index in [1.54, 1.807) is 14.2 Å². The Morgan fingerprint density at radius 3 is 2.49 bits per heavy atom. The van der Waals surface area contributed by atoms with E-state index in [0.29, 0.717) is 17.4 Å². The van der Waals surface area contributed by atoms with Crippen molar-refractivity contribution in [3.05, 3.63) is 59.2 Å². The molecule has 0 radical (unpaired) electrons. The molecular weight excluding hydrogens is 434 g/mol. The van der Waals surface area contributed by atoms with Crippen LogP contribution in [0.15, 0.2) is 42.5 Å². The van der Waals surface area contributed by atoms with Crippen LogP contribution in [0.5, 0.6) is 11.5 Å². The Balaban J connectivity index is 1.38. The van der Waals surface area contributed by atoms with E-state index in [0.717, 1.165) is 43.7 Å². The molecule has 1 spiro atoms. The highest BCUT2D eigenvalue weighted by atomic mass is 16.5. The summed E-state index contributed by atoms with van der Waals surface area (Å²) in [6.45, 7) is 11.3. The van der Waals surface area contributed by atoms with E-state index in [2.05, 4.69) is 59.3 Å². The van der Waals surface area contributed by atoms with Gasteiger partial charge in [0.15, 0.2) is 0 Å². The number of hydrogen-bond donors (Lipinski definition) is 1. The fraction of sp³-hybridized carbons (Fsp3) is 0.600. The molecular formula is C30H43N3O2. The zero-order chi connectivity index (χ0) is 24.4. The molecule has 1 saturated carbocycles. The average molecular weight is 478 g/mol. The monoisotopic (exact) mass is 477 g/mol. The number of rotatable bonds is 7. The van der Waals surface area contributed by atoms with E-state index in [-0.39, 0.29) is 0 Å². The average Bonchev–Trinajstić information content (AvgIpc) is 2.88. The van der Waals surface area contributed by atoms with Gasteiger partial charge in [-0.25, -0.2) is 0 Å². The molecule has 3 fully saturated rings. The van der Waals surface area contributed by atoms with Crippen molar-refractivity contribution >= 4 is 0 Å². The molecule has 2 aliphatic heterocycles. The number of ether oxygens (including phenoxy) is 2. The van der Waals surface area contributed by atoms with Crippen molar-refractivity contribution in [2.24, 2.45) is 5.41 Å². The van der Waals surface area contributed by atoms with Crippen LogP contribution >= 0.6 is 0 Å². The molecule has 0 amide bonds. The highest BCUT2D eigenvalue weighted by Gasteiger charge is 2.49. The Labute approximate surface area is 211 Å². The Morgan fingerprint density at radius 1 is 1.00 bits per heavy atom. The zero-order valence-electron chi connectivity index (χ0n) is 22.1. The number of piperidine rings is 1. The lowest BCUT2D eigenvalue weighted by molar-refractivity contribution is -0.0651. The Bertz CT molecular complexity index is 993. The summed E-state index contributed by atoms with van der Waals surface area (Å²) >= 11 is 0. The predicted molar refractivity (Wildman–Crippen MR) is 142 cm³/mol. The van der Waals surface area contributed by atoms with Crippen molar-refractivity contribution in [2.75, 3.05) is 46.9 Å². The Hall–Kier alpha value is -2.08. The van der Waals surface area contributed by atoms with Gasteiger partial charge in [0.05, 0.1) is 14.2 Å². The van der Waals surface area contributed by atoms with Crippen molar-refractivity contribution in [3.8, 4) is 11.5 Å². The second kappa shape index (κ2) is 10.5. The molecule has 1 aliphatic carbocycles. The predicted octanol–water partition coefficient (Wildman–Crippen LogP) is 5.22. The first-order valence-electron chi connectivity index (χ1n) is 13.5. The number of nitrogens with one attached hydrogen (secondary N) is 1. The molecule has 1 N–H and O–H groups in total. The van der Waals surface area contributed by atoms with Crippen LogP contribution in [0.4, 0.5) is 0 Å². The van der Waals surface area contributed by atoms with Crippen LogP contribution in [0.2, 0.25) is 0 Å². The summed E-state index contributed by atoms with van der Waals surface area (Å²) in [4.78, 5) is 5.50. The second-order valence-corrected chi connectivity index (χ2v) is 11.3. The lowest BCUT2D eigenvalue weighted by Crippen LogP contribution is -2.59. The molecule has 3 aliphatic rings. The Kier molecular flexibility index (Phi) is 7.38. The molecule has 5 rings (SSSR count). The second-order valence-electron chi connectivity index (χ2n) is 11.3. The van der Waals surface area contributed by atoms with Gasteiger partial charge in [0.1, 0.15) is 11.5 Å². The summed E-state index contributed by atoms with van der Waals surface area (Å²) in [5, 5.41) is 3.56. The van der Waals surface area contributed by atoms with Crippen molar-refractivity contribution in [3.63, 3.8) is 0 Å². The number of benzene rings is 2. The van der Waals surface area contributed by atoms with E-state index in [9.17, 15) is 0 Å². The van der Waals surface area contributed by atoms with E-state index < -0.39 is 0 Å². The fourth-order valence-electron chi connectivity index (χ4n) is 6.81. The van der Waals surface area contributed by atoms with Crippen LogP contribution in [-0.4, -0.2) is 62.8 Å². The fourth-order valence-corrected chi connectivity index (χ4v) is 6.81. The maximum absolute atomic E-state index is 5.72. The van der Waals surface area contributed by atoms with Gasteiger partial charge in [-0.3, -0.25) is 9.80 Å². The van der Waals surface area contributed by atoms with Gasteiger partial charge in [-0.15, -0.1) is 0 Å². The molecule has 2 aromatic rings. The molecule has 190 valence electrons. The summed E-state index contributed by atoms with van der Waals surface area (Å²) in [5.41, 5.74) is 4.86. The first-order valence-corrected chi connectivity index (χ1v) is 13.5. The van der Waals surface area contributed by atoms with Crippen molar-refractivity contribution in [2.45, 2.75) is 64.1 Å². The van der Waals surface area contributed by atoms with Gasteiger partial charge in [0, 0.05) is 49.9 Å². The van der Waals surface area contributed by atoms with Crippen LogP contribution in [0.25, 0.3) is 0 Å². The largest absolute Gasteiger partial charge is 0.497 e. The highest BCUT2D eigenvalue weighted by Crippen LogP contribution is 2.52. The molecule has 0 bridgehead atoms. The summed E-state index contributed by atoms with van der Waals surface area (Å²) < 4.78 is 11.1. The third-order valence-electron chi connectivity index (χ3n) is 8.84. The lowest BCUT2D eigenvalue weighted by atomic mass is 9.60. The van der Waals surface area contributed by atoms with Crippen LogP contribution < -0.4 is 14.8 Å². The summed E-state index contributed by atoms with van der Waals surface area (Å²) in [6.07, 6.45) is 5.46. The maximum atomic E-state index is 5.72. The minimum absolute atomic E-state index is 0.440. The molecule has 0 aromatic heterocycles. The van der Waals surface area contributed by atoms with E-state index in [1.807, 2.05) is 12.1 Å². The zero-order valence-corrected chi connectivity index (χ0v) is 22.1. The van der Waals surface area contributed by atoms with Crippen LogP contribution in [0, 0.1) is 5.41 Å². The molecule has 5 heteroatoms. The van der Waals surface area contributed by atoms with Gasteiger partial charge in [0.25, 0.3) is 0 Å². The van der Waals surface area contributed by atoms with Gasteiger partial charge >= 0.3 is 0 Å². The van der Waals surface area contributed by atoms with Gasteiger partial charge in [-0.05, 0) is 67.3 Å². The molecule has 2 saturated heterocycles. The normalized spacial score (nSPS) is 23.4. The van der Waals surface area contributed by atoms with Crippen molar-refractivity contribution in [1.82, 2.24) is 15.1 Å². The minimum Gasteiger partial charge on any atom is -0.497 e. The molecule has 5 nitrogen and oxygen atoms in total. The molecule has 35 heavy (non-hydrogen) atoms. The topological polar surface area (TPSA) is 37.0 Å². The Morgan fingerprint density at radius 2 is 1.77 bits per heavy atom. The van der Waals surface area contributed by atoms with Crippen molar-refractivity contribution < 1.29 is 9.47 Å². The van der Waals surface area contributed by atoms with Crippen LogP contribution in [-0.2, 0) is 6.54 Å². The number of piperazine rings is 1. The van der Waals surface area contributed by atoms with Gasteiger partial charge < -0.3 is 14.8 Å². The van der Waals surface area contributed by atoms with Gasteiger partial charge in [-0.2, -0.15) is 0 Å². The van der Waals surface area contributed by atoms with Crippen molar-refractivity contribution in [1.29, 1.82) is 0 Å². The van der Waals surface area contributed by atoms with E-state index in [4.69, 9.17) is 9.47 Å². The quantitative estimate of drug-likeness (QED) is 0.592. The standard InChI is InChI=1S/C30H43N3O2/c1-22(2)26-7-5-6-8-27(26)28-21-32(20-23-9-10-25(34-3)17-29(23)35-4)15-16-33(28)24-18-30(19-24)11-13-31-14-12-30/h5-10,17,22,24,28,31H,11-16,18-21H2,1-4H3/t28-/m0/s1. The number of nitrogens with zero attached hydrogens (tertiary/aromatic N) is 2. The summed E-state index contributed by atoms with van der Waals surface area (Å²) in [5.74, 6) is 2.29. The molecule has 0 unspecified atom stereocenters. The van der Waals surface area contributed by atoms with E-state index >= 15 is 0 Å². The third-order valence-corrected chi connectivity index (χ3v) is 8.84. The summed E-state index contributed by atoms with van der Waals surface area (Å²) in [6, 6.07) is 16.6. The molecule has 1 atom stereocenters. The van der Waals surface area contributed by atoms with Gasteiger partial charge in [-0.1, -0.05) is 44.2 Å². The minimum atomic E-state index is 0.440. The maximum Gasteiger partial charge on any atom is 0.127 e. The summed E-state index contributed by atoms with van der Waals surface area (Å²) in [7, 11) is 3.46.